The third-order valence-corrected chi connectivity index (χ3v) is 6.25. The summed E-state index contributed by atoms with van der Waals surface area (Å²) in [6, 6.07) is 2.02. The summed E-state index contributed by atoms with van der Waals surface area (Å²) in [7, 11) is 1.71. The number of nitrogens with zero attached hydrogens (tertiary/aromatic N) is 2. The topological polar surface area (TPSA) is 55.6 Å². The smallest absolute Gasteiger partial charge is 0.254 e. The first-order valence-corrected chi connectivity index (χ1v) is 9.63. The van der Waals surface area contributed by atoms with Crippen LogP contribution in [0.4, 0.5) is 0 Å². The maximum absolute atomic E-state index is 13.3. The van der Waals surface area contributed by atoms with E-state index in [-0.39, 0.29) is 5.91 Å². The molecule has 0 bridgehead atoms. The van der Waals surface area contributed by atoms with E-state index in [4.69, 9.17) is 9.26 Å². The lowest BCUT2D eigenvalue weighted by molar-refractivity contribution is -0.158. The average Bonchev–Trinajstić information content (AvgIpc) is 2.96. The van der Waals surface area contributed by atoms with E-state index >= 15 is 0 Å². The first-order chi connectivity index (χ1) is 11.9. The number of aryl methyl sites for hydroxylation is 1. The van der Waals surface area contributed by atoms with E-state index in [2.05, 4.69) is 19.0 Å². The summed E-state index contributed by atoms with van der Waals surface area (Å²) in [6.45, 7) is 8.10. The number of carbonyl (C=O) groups excluding carboxylic acids is 1. The Balaban J connectivity index is 1.64. The van der Waals surface area contributed by atoms with Gasteiger partial charge in [0.1, 0.15) is 11.4 Å². The maximum atomic E-state index is 13.3. The lowest BCUT2D eigenvalue weighted by Crippen LogP contribution is -2.52. The van der Waals surface area contributed by atoms with Crippen LogP contribution < -0.4 is 0 Å². The summed E-state index contributed by atoms with van der Waals surface area (Å²) < 4.78 is 11.3. The molecular weight excluding hydrogens is 316 g/mol. The van der Waals surface area contributed by atoms with Crippen molar-refractivity contribution in [3.05, 3.63) is 17.5 Å². The molecule has 5 nitrogen and oxygen atoms in total. The number of likely N-dealkylation sites (tertiary alicyclic amines) is 1. The van der Waals surface area contributed by atoms with Gasteiger partial charge in [-0.25, -0.2) is 0 Å². The van der Waals surface area contributed by atoms with Crippen LogP contribution in [0.25, 0.3) is 0 Å². The Morgan fingerprint density at radius 3 is 2.56 bits per heavy atom. The van der Waals surface area contributed by atoms with Crippen LogP contribution >= 0.6 is 0 Å². The summed E-state index contributed by atoms with van der Waals surface area (Å²) >= 11 is 0. The Morgan fingerprint density at radius 1 is 1.24 bits per heavy atom. The Labute approximate surface area is 151 Å². The Bertz CT molecular complexity index is 602. The first-order valence-electron chi connectivity index (χ1n) is 9.63. The molecule has 1 aromatic heterocycles. The van der Waals surface area contributed by atoms with Crippen molar-refractivity contribution in [2.75, 3.05) is 20.2 Å². The lowest BCUT2D eigenvalue weighted by Gasteiger charge is -2.39. The SMILES string of the molecule is COC1(C(=O)N2CCC(c3cc(C)no3)CC2)CCCC(C)(C)CC1. The fourth-order valence-corrected chi connectivity index (χ4v) is 4.38. The molecule has 1 atom stereocenters. The molecule has 5 heteroatoms. The van der Waals surface area contributed by atoms with E-state index in [0.29, 0.717) is 11.3 Å². The van der Waals surface area contributed by atoms with Crippen molar-refractivity contribution in [1.29, 1.82) is 0 Å². The van der Waals surface area contributed by atoms with Crippen LogP contribution in [-0.4, -0.2) is 41.8 Å². The number of rotatable bonds is 3. The number of aromatic nitrogens is 1. The predicted molar refractivity (Wildman–Crippen MR) is 96.4 cm³/mol. The van der Waals surface area contributed by atoms with E-state index in [1.165, 1.54) is 0 Å². The van der Waals surface area contributed by atoms with Crippen LogP contribution in [0.3, 0.4) is 0 Å². The molecule has 2 aliphatic rings. The van der Waals surface area contributed by atoms with E-state index in [1.807, 2.05) is 17.9 Å². The van der Waals surface area contributed by atoms with E-state index in [9.17, 15) is 4.79 Å². The molecule has 0 aromatic carbocycles. The third kappa shape index (κ3) is 3.91. The number of hydrogen-bond donors (Lipinski definition) is 0. The van der Waals surface area contributed by atoms with Crippen LogP contribution in [0.5, 0.6) is 0 Å². The van der Waals surface area contributed by atoms with Gasteiger partial charge in [-0.05, 0) is 57.3 Å². The molecule has 1 aromatic rings. The molecule has 140 valence electrons. The first kappa shape index (κ1) is 18.4. The highest BCUT2D eigenvalue weighted by atomic mass is 16.5. The minimum Gasteiger partial charge on any atom is -0.368 e. The fraction of sp³-hybridized carbons (Fsp3) is 0.800. The second-order valence-corrected chi connectivity index (χ2v) is 8.65. The number of carbonyl (C=O) groups is 1. The van der Waals surface area contributed by atoms with Crippen LogP contribution in [0.2, 0.25) is 0 Å². The summed E-state index contributed by atoms with van der Waals surface area (Å²) in [5.74, 6) is 1.53. The second kappa shape index (κ2) is 7.10. The van der Waals surface area contributed by atoms with Gasteiger partial charge < -0.3 is 14.2 Å². The van der Waals surface area contributed by atoms with Crippen molar-refractivity contribution >= 4 is 5.91 Å². The summed E-state index contributed by atoms with van der Waals surface area (Å²) in [4.78, 5) is 15.3. The molecule has 1 unspecified atom stereocenters. The predicted octanol–water partition coefficient (Wildman–Crippen LogP) is 4.06. The van der Waals surface area contributed by atoms with Gasteiger partial charge in [0, 0.05) is 32.2 Å². The average molecular weight is 348 g/mol. The molecule has 2 heterocycles. The Kier molecular flexibility index (Phi) is 5.24. The van der Waals surface area contributed by atoms with Gasteiger partial charge in [0.05, 0.1) is 5.69 Å². The van der Waals surface area contributed by atoms with Gasteiger partial charge in [-0.15, -0.1) is 0 Å². The van der Waals surface area contributed by atoms with Gasteiger partial charge in [0.15, 0.2) is 0 Å². The third-order valence-electron chi connectivity index (χ3n) is 6.25. The van der Waals surface area contributed by atoms with Gasteiger partial charge in [0.2, 0.25) is 0 Å². The highest BCUT2D eigenvalue weighted by molar-refractivity contribution is 5.85. The summed E-state index contributed by atoms with van der Waals surface area (Å²) in [5.41, 5.74) is 0.606. The zero-order valence-electron chi connectivity index (χ0n) is 16.1. The van der Waals surface area contributed by atoms with Crippen molar-refractivity contribution in [2.45, 2.75) is 77.2 Å². The van der Waals surface area contributed by atoms with Crippen molar-refractivity contribution in [3.8, 4) is 0 Å². The van der Waals surface area contributed by atoms with Crippen molar-refractivity contribution < 1.29 is 14.1 Å². The van der Waals surface area contributed by atoms with Crippen molar-refractivity contribution in [2.24, 2.45) is 5.41 Å². The molecule has 2 fully saturated rings. The normalized spacial score (nSPS) is 27.9. The van der Waals surface area contributed by atoms with Gasteiger partial charge in [-0.1, -0.05) is 19.0 Å². The zero-order chi connectivity index (χ0) is 18.1. The van der Waals surface area contributed by atoms with E-state index in [1.54, 1.807) is 7.11 Å². The second-order valence-electron chi connectivity index (χ2n) is 8.65. The minimum atomic E-state index is -0.622. The lowest BCUT2D eigenvalue weighted by atomic mass is 9.83. The molecule has 1 saturated carbocycles. The van der Waals surface area contributed by atoms with Crippen molar-refractivity contribution in [1.82, 2.24) is 10.1 Å². The molecule has 25 heavy (non-hydrogen) atoms. The number of piperidine rings is 1. The monoisotopic (exact) mass is 348 g/mol. The Morgan fingerprint density at radius 2 is 1.96 bits per heavy atom. The molecule has 3 rings (SSSR count). The maximum Gasteiger partial charge on any atom is 0.254 e. The van der Waals surface area contributed by atoms with Gasteiger partial charge in [0.25, 0.3) is 5.91 Å². The summed E-state index contributed by atoms with van der Waals surface area (Å²) in [5, 5.41) is 3.99. The molecule has 0 radical (unpaired) electrons. The highest BCUT2D eigenvalue weighted by Crippen LogP contribution is 2.41. The molecule has 1 aliphatic carbocycles. The van der Waals surface area contributed by atoms with Crippen LogP contribution in [0.1, 0.15) is 76.2 Å². The highest BCUT2D eigenvalue weighted by Gasteiger charge is 2.44. The van der Waals surface area contributed by atoms with Gasteiger partial charge >= 0.3 is 0 Å². The molecule has 1 amide bonds. The quantitative estimate of drug-likeness (QED) is 0.773. The van der Waals surface area contributed by atoms with Crippen LogP contribution in [0, 0.1) is 12.3 Å². The van der Waals surface area contributed by atoms with E-state index in [0.717, 1.165) is 69.5 Å². The number of ether oxygens (including phenoxy) is 1. The number of amides is 1. The summed E-state index contributed by atoms with van der Waals surface area (Å²) in [6.07, 6.45) is 6.81. The van der Waals surface area contributed by atoms with E-state index < -0.39 is 5.60 Å². The van der Waals surface area contributed by atoms with Gasteiger partial charge in [-0.2, -0.15) is 0 Å². The molecule has 1 saturated heterocycles. The van der Waals surface area contributed by atoms with Crippen LogP contribution in [0.15, 0.2) is 10.6 Å². The number of hydrogen-bond acceptors (Lipinski definition) is 4. The standard InChI is InChI=1S/C20H32N2O3/c1-15-14-17(25-21-15)16-6-12-22(13-7-16)18(23)20(24-4)9-5-8-19(2,3)10-11-20/h14,16H,5-13H2,1-4H3. The zero-order valence-corrected chi connectivity index (χ0v) is 16.1. The van der Waals surface area contributed by atoms with Gasteiger partial charge in [-0.3, -0.25) is 4.79 Å². The van der Waals surface area contributed by atoms with Crippen LogP contribution in [-0.2, 0) is 9.53 Å². The molecule has 1 aliphatic heterocycles. The molecular formula is C20H32N2O3. The van der Waals surface area contributed by atoms with Crippen molar-refractivity contribution in [3.63, 3.8) is 0 Å². The fourth-order valence-electron chi connectivity index (χ4n) is 4.38. The number of methoxy groups -OCH3 is 1. The molecule has 0 N–H and O–H groups in total. The Hall–Kier alpha value is -1.36. The largest absolute Gasteiger partial charge is 0.368 e. The molecule has 0 spiro atoms. The minimum absolute atomic E-state index is 0.194.